The number of nitrogen functional groups attached to an aromatic ring is 1. The monoisotopic (exact) mass is 172 g/mol. The van der Waals surface area contributed by atoms with Crippen molar-refractivity contribution in [3.05, 3.63) is 22.9 Å². The summed E-state index contributed by atoms with van der Waals surface area (Å²) >= 11 is 0. The molecular formula is C8H10F2N2. The molecule has 0 bridgehead atoms. The first kappa shape index (κ1) is 8.90. The molecular weight excluding hydrogens is 162 g/mol. The molecule has 0 amide bonds. The lowest BCUT2D eigenvalue weighted by atomic mass is 10.1. The smallest absolute Gasteiger partial charge is 0.280 e. The van der Waals surface area contributed by atoms with Gasteiger partial charge >= 0.3 is 0 Å². The van der Waals surface area contributed by atoms with E-state index >= 15 is 0 Å². The third-order valence-corrected chi connectivity index (χ3v) is 1.81. The minimum Gasteiger partial charge on any atom is -0.383 e. The Labute approximate surface area is 69.4 Å². The molecule has 0 saturated heterocycles. The summed E-state index contributed by atoms with van der Waals surface area (Å²) < 4.78 is 24.3. The second-order valence-electron chi connectivity index (χ2n) is 2.67. The molecule has 1 aromatic rings. The maximum absolute atomic E-state index is 12.1. The Bertz CT molecular complexity index is 274. The van der Waals surface area contributed by atoms with Crippen molar-refractivity contribution in [3.8, 4) is 0 Å². The average Bonchev–Trinajstić information content (AvgIpc) is 1.99. The van der Waals surface area contributed by atoms with Crippen molar-refractivity contribution >= 4 is 5.82 Å². The summed E-state index contributed by atoms with van der Waals surface area (Å²) in [6, 6.07) is 1.36. The van der Waals surface area contributed by atoms with E-state index in [1.807, 2.05) is 0 Å². The lowest BCUT2D eigenvalue weighted by molar-refractivity contribution is 0.146. The van der Waals surface area contributed by atoms with Gasteiger partial charge in [-0.3, -0.25) is 0 Å². The Morgan fingerprint density at radius 3 is 2.42 bits per heavy atom. The van der Waals surface area contributed by atoms with Gasteiger partial charge in [-0.1, -0.05) is 0 Å². The van der Waals surface area contributed by atoms with E-state index in [0.717, 1.165) is 11.1 Å². The Morgan fingerprint density at radius 1 is 1.42 bits per heavy atom. The molecule has 0 spiro atoms. The van der Waals surface area contributed by atoms with E-state index < -0.39 is 6.43 Å². The van der Waals surface area contributed by atoms with Crippen LogP contribution in [-0.4, -0.2) is 4.98 Å². The third kappa shape index (κ3) is 1.52. The van der Waals surface area contributed by atoms with Crippen LogP contribution in [0.2, 0.25) is 0 Å². The summed E-state index contributed by atoms with van der Waals surface area (Å²) in [7, 11) is 0. The summed E-state index contributed by atoms with van der Waals surface area (Å²) in [6.07, 6.45) is -2.55. The summed E-state index contributed by atoms with van der Waals surface area (Å²) in [5.74, 6) is 0.185. The van der Waals surface area contributed by atoms with Crippen LogP contribution in [-0.2, 0) is 0 Å². The van der Waals surface area contributed by atoms with Crippen LogP contribution in [0.25, 0.3) is 0 Å². The highest BCUT2D eigenvalue weighted by atomic mass is 19.3. The first-order valence-electron chi connectivity index (χ1n) is 3.54. The number of hydrogen-bond donors (Lipinski definition) is 1. The quantitative estimate of drug-likeness (QED) is 0.705. The zero-order chi connectivity index (χ0) is 9.30. The van der Waals surface area contributed by atoms with Gasteiger partial charge in [-0.25, -0.2) is 13.8 Å². The SMILES string of the molecule is Cc1cc(C(F)F)nc(N)c1C. The van der Waals surface area contributed by atoms with Crippen molar-refractivity contribution in [3.63, 3.8) is 0 Å². The van der Waals surface area contributed by atoms with Crippen LogP contribution < -0.4 is 5.73 Å². The van der Waals surface area contributed by atoms with Gasteiger partial charge in [-0.2, -0.15) is 0 Å². The number of aromatic nitrogens is 1. The molecule has 1 rings (SSSR count). The largest absolute Gasteiger partial charge is 0.383 e. The molecule has 0 aromatic carbocycles. The zero-order valence-corrected chi connectivity index (χ0v) is 6.94. The topological polar surface area (TPSA) is 38.9 Å². The Kier molecular flexibility index (Phi) is 2.26. The van der Waals surface area contributed by atoms with Crippen molar-refractivity contribution in [2.75, 3.05) is 5.73 Å². The van der Waals surface area contributed by atoms with Gasteiger partial charge in [0.1, 0.15) is 11.5 Å². The fourth-order valence-electron chi connectivity index (χ4n) is 0.899. The number of nitrogens with zero attached hydrogens (tertiary/aromatic N) is 1. The number of anilines is 1. The Balaban J connectivity index is 3.21. The second-order valence-corrected chi connectivity index (χ2v) is 2.67. The zero-order valence-electron chi connectivity index (χ0n) is 6.94. The summed E-state index contributed by atoms with van der Waals surface area (Å²) in [6.45, 7) is 3.49. The molecule has 2 nitrogen and oxygen atoms in total. The molecule has 66 valence electrons. The molecule has 2 N–H and O–H groups in total. The summed E-state index contributed by atoms with van der Waals surface area (Å²) in [4.78, 5) is 3.56. The van der Waals surface area contributed by atoms with Gasteiger partial charge in [0.15, 0.2) is 0 Å². The van der Waals surface area contributed by atoms with E-state index in [-0.39, 0.29) is 11.5 Å². The van der Waals surface area contributed by atoms with E-state index in [9.17, 15) is 8.78 Å². The number of rotatable bonds is 1. The fourth-order valence-corrected chi connectivity index (χ4v) is 0.899. The Hall–Kier alpha value is -1.19. The maximum Gasteiger partial charge on any atom is 0.280 e. The van der Waals surface area contributed by atoms with E-state index in [2.05, 4.69) is 4.98 Å². The average molecular weight is 172 g/mol. The van der Waals surface area contributed by atoms with Crippen LogP contribution >= 0.6 is 0 Å². The molecule has 0 saturated carbocycles. The molecule has 1 aromatic heterocycles. The van der Waals surface area contributed by atoms with Crippen molar-refractivity contribution in [2.45, 2.75) is 20.3 Å². The van der Waals surface area contributed by atoms with Gasteiger partial charge < -0.3 is 5.73 Å². The van der Waals surface area contributed by atoms with Crippen LogP contribution in [0.3, 0.4) is 0 Å². The summed E-state index contributed by atoms with van der Waals surface area (Å²) in [5, 5.41) is 0. The predicted molar refractivity (Wildman–Crippen MR) is 43.1 cm³/mol. The van der Waals surface area contributed by atoms with Crippen molar-refractivity contribution in [1.82, 2.24) is 4.98 Å². The molecule has 0 aliphatic carbocycles. The number of aryl methyl sites for hydroxylation is 1. The van der Waals surface area contributed by atoms with Gasteiger partial charge in [0.2, 0.25) is 0 Å². The van der Waals surface area contributed by atoms with Gasteiger partial charge in [0.05, 0.1) is 0 Å². The number of nitrogens with two attached hydrogens (primary N) is 1. The molecule has 0 aliphatic rings. The standard InChI is InChI=1S/C8H10F2N2/c1-4-3-6(7(9)10)12-8(11)5(4)2/h3,7H,1-2H3,(H2,11,12). The Morgan fingerprint density at radius 2 is 2.00 bits per heavy atom. The highest BCUT2D eigenvalue weighted by Gasteiger charge is 2.11. The van der Waals surface area contributed by atoms with Crippen LogP contribution in [0.5, 0.6) is 0 Å². The highest BCUT2D eigenvalue weighted by molar-refractivity contribution is 5.44. The number of hydrogen-bond acceptors (Lipinski definition) is 2. The van der Waals surface area contributed by atoms with E-state index in [1.165, 1.54) is 6.07 Å². The maximum atomic E-state index is 12.1. The van der Waals surface area contributed by atoms with Gasteiger partial charge in [-0.15, -0.1) is 0 Å². The fraction of sp³-hybridized carbons (Fsp3) is 0.375. The van der Waals surface area contributed by atoms with Crippen LogP contribution in [0, 0.1) is 13.8 Å². The number of alkyl halides is 2. The minimum atomic E-state index is -2.55. The molecule has 0 fully saturated rings. The van der Waals surface area contributed by atoms with Gasteiger partial charge in [0, 0.05) is 0 Å². The molecule has 0 radical (unpaired) electrons. The van der Waals surface area contributed by atoms with E-state index in [4.69, 9.17) is 5.73 Å². The molecule has 0 aliphatic heterocycles. The third-order valence-electron chi connectivity index (χ3n) is 1.81. The lowest BCUT2D eigenvalue weighted by Gasteiger charge is -2.06. The summed E-state index contributed by atoms with van der Waals surface area (Å²) in [5.41, 5.74) is 6.67. The molecule has 0 unspecified atom stereocenters. The predicted octanol–water partition coefficient (Wildman–Crippen LogP) is 2.22. The van der Waals surface area contributed by atoms with Crippen LogP contribution in [0.15, 0.2) is 6.07 Å². The van der Waals surface area contributed by atoms with Crippen LogP contribution in [0.1, 0.15) is 23.2 Å². The highest BCUT2D eigenvalue weighted by Crippen LogP contribution is 2.21. The lowest BCUT2D eigenvalue weighted by Crippen LogP contribution is -2.01. The van der Waals surface area contributed by atoms with E-state index in [0.29, 0.717) is 0 Å². The minimum absolute atomic E-state index is 0.185. The first-order chi connectivity index (χ1) is 5.52. The number of halogens is 2. The molecule has 12 heavy (non-hydrogen) atoms. The molecule has 4 heteroatoms. The first-order valence-corrected chi connectivity index (χ1v) is 3.54. The van der Waals surface area contributed by atoms with Crippen LogP contribution in [0.4, 0.5) is 14.6 Å². The second kappa shape index (κ2) is 3.05. The van der Waals surface area contributed by atoms with Crippen molar-refractivity contribution in [2.24, 2.45) is 0 Å². The number of pyridine rings is 1. The normalized spacial score (nSPS) is 10.8. The van der Waals surface area contributed by atoms with Gasteiger partial charge in [-0.05, 0) is 31.0 Å². The molecule has 1 heterocycles. The van der Waals surface area contributed by atoms with Crippen molar-refractivity contribution in [1.29, 1.82) is 0 Å². The van der Waals surface area contributed by atoms with Crippen molar-refractivity contribution < 1.29 is 8.78 Å². The van der Waals surface area contributed by atoms with Gasteiger partial charge in [0.25, 0.3) is 6.43 Å². The van der Waals surface area contributed by atoms with E-state index in [1.54, 1.807) is 13.8 Å². The molecule has 0 atom stereocenters.